The molecule has 0 fully saturated rings. The first-order chi connectivity index (χ1) is 14.9. The number of benzene rings is 3. The number of halogens is 2. The molecule has 2 amide bonds. The lowest BCUT2D eigenvalue weighted by Crippen LogP contribution is -2.20. The van der Waals surface area contributed by atoms with Crippen molar-refractivity contribution in [2.45, 2.75) is 6.92 Å². The highest BCUT2D eigenvalue weighted by Gasteiger charge is 2.15. The Bertz CT molecular complexity index is 1100. The molecule has 3 aromatic rings. The summed E-state index contributed by atoms with van der Waals surface area (Å²) in [7, 11) is 1.45. The SMILES string of the molecule is COc1cc(NC(=O)c2ccc(Cl)cc2)c(Cl)cc1NC(=O)COc1cccc(C)c1. The van der Waals surface area contributed by atoms with Crippen molar-refractivity contribution in [1.82, 2.24) is 0 Å². The Hall–Kier alpha value is -3.22. The molecule has 0 atom stereocenters. The lowest BCUT2D eigenvalue weighted by Gasteiger charge is -2.15. The second-order valence-corrected chi connectivity index (χ2v) is 7.49. The average molecular weight is 459 g/mol. The van der Waals surface area contributed by atoms with Crippen LogP contribution in [0.2, 0.25) is 10.0 Å². The molecule has 0 saturated carbocycles. The van der Waals surface area contributed by atoms with Gasteiger partial charge in [-0.3, -0.25) is 9.59 Å². The van der Waals surface area contributed by atoms with E-state index in [9.17, 15) is 9.59 Å². The Morgan fingerprint density at radius 2 is 1.68 bits per heavy atom. The molecule has 0 aliphatic carbocycles. The van der Waals surface area contributed by atoms with Crippen LogP contribution in [0.5, 0.6) is 11.5 Å². The van der Waals surface area contributed by atoms with E-state index in [-0.39, 0.29) is 23.4 Å². The van der Waals surface area contributed by atoms with E-state index in [0.717, 1.165) is 5.56 Å². The summed E-state index contributed by atoms with van der Waals surface area (Å²) >= 11 is 12.2. The molecule has 2 N–H and O–H groups in total. The van der Waals surface area contributed by atoms with Crippen molar-refractivity contribution >= 4 is 46.4 Å². The number of hydrogen-bond donors (Lipinski definition) is 2. The molecule has 0 heterocycles. The van der Waals surface area contributed by atoms with E-state index in [1.54, 1.807) is 30.3 Å². The molecule has 6 nitrogen and oxygen atoms in total. The van der Waals surface area contributed by atoms with Crippen LogP contribution in [0.25, 0.3) is 0 Å². The second kappa shape index (κ2) is 10.2. The Morgan fingerprint density at radius 3 is 2.35 bits per heavy atom. The van der Waals surface area contributed by atoms with E-state index >= 15 is 0 Å². The summed E-state index contributed by atoms with van der Waals surface area (Å²) in [6.07, 6.45) is 0. The summed E-state index contributed by atoms with van der Waals surface area (Å²) in [6, 6.07) is 16.9. The third kappa shape index (κ3) is 6.13. The second-order valence-electron chi connectivity index (χ2n) is 6.65. The zero-order chi connectivity index (χ0) is 22.4. The van der Waals surface area contributed by atoms with E-state index in [2.05, 4.69) is 10.6 Å². The van der Waals surface area contributed by atoms with Gasteiger partial charge in [0.15, 0.2) is 6.61 Å². The Morgan fingerprint density at radius 1 is 0.935 bits per heavy atom. The number of carbonyl (C=O) groups is 2. The van der Waals surface area contributed by atoms with Crippen LogP contribution in [-0.2, 0) is 4.79 Å². The molecule has 0 saturated heterocycles. The van der Waals surface area contributed by atoms with E-state index < -0.39 is 0 Å². The number of amides is 2. The van der Waals surface area contributed by atoms with Crippen LogP contribution in [0.4, 0.5) is 11.4 Å². The number of rotatable bonds is 7. The number of hydrogen-bond acceptors (Lipinski definition) is 4. The number of ether oxygens (including phenoxy) is 2. The number of carbonyl (C=O) groups excluding carboxylic acids is 2. The molecule has 8 heteroatoms. The van der Waals surface area contributed by atoms with Crippen LogP contribution in [0.3, 0.4) is 0 Å². The van der Waals surface area contributed by atoms with E-state index in [0.29, 0.717) is 33.5 Å². The third-order valence-electron chi connectivity index (χ3n) is 4.28. The minimum atomic E-state index is -0.381. The van der Waals surface area contributed by atoms with Gasteiger partial charge in [0, 0.05) is 16.7 Å². The van der Waals surface area contributed by atoms with Gasteiger partial charge in [0.05, 0.1) is 23.5 Å². The Kier molecular flexibility index (Phi) is 7.39. The Labute approximate surface area is 190 Å². The van der Waals surface area contributed by atoms with Crippen molar-refractivity contribution in [2.75, 3.05) is 24.4 Å². The maximum Gasteiger partial charge on any atom is 0.262 e. The lowest BCUT2D eigenvalue weighted by molar-refractivity contribution is -0.118. The lowest BCUT2D eigenvalue weighted by atomic mass is 10.2. The molecule has 160 valence electrons. The summed E-state index contributed by atoms with van der Waals surface area (Å²) in [5, 5.41) is 6.19. The summed E-state index contributed by atoms with van der Waals surface area (Å²) in [4.78, 5) is 24.8. The summed E-state index contributed by atoms with van der Waals surface area (Å²) in [6.45, 7) is 1.76. The van der Waals surface area contributed by atoms with Crippen molar-refractivity contribution in [1.29, 1.82) is 0 Å². The van der Waals surface area contributed by atoms with Crippen LogP contribution in [0, 0.1) is 6.92 Å². The fourth-order valence-corrected chi connectivity index (χ4v) is 3.09. The highest BCUT2D eigenvalue weighted by molar-refractivity contribution is 6.34. The molecule has 0 unspecified atom stereocenters. The predicted octanol–water partition coefficient (Wildman–Crippen LogP) is 5.58. The van der Waals surface area contributed by atoms with E-state index in [4.69, 9.17) is 32.7 Å². The fraction of sp³-hybridized carbons (Fsp3) is 0.130. The number of nitrogens with one attached hydrogen (secondary N) is 2. The third-order valence-corrected chi connectivity index (χ3v) is 4.84. The Balaban J connectivity index is 1.69. The monoisotopic (exact) mass is 458 g/mol. The molecular formula is C23H20Cl2N2O4. The normalized spacial score (nSPS) is 10.3. The topological polar surface area (TPSA) is 76.7 Å². The fourth-order valence-electron chi connectivity index (χ4n) is 2.75. The maximum absolute atomic E-state index is 12.4. The first-order valence-electron chi connectivity index (χ1n) is 9.29. The van der Waals surface area contributed by atoms with Gasteiger partial charge in [-0.05, 0) is 55.0 Å². The minimum Gasteiger partial charge on any atom is -0.494 e. The van der Waals surface area contributed by atoms with Gasteiger partial charge in [-0.1, -0.05) is 35.3 Å². The van der Waals surface area contributed by atoms with Crippen LogP contribution in [0.15, 0.2) is 60.7 Å². The average Bonchev–Trinajstić information content (AvgIpc) is 2.74. The molecule has 31 heavy (non-hydrogen) atoms. The van der Waals surface area contributed by atoms with Crippen molar-refractivity contribution in [2.24, 2.45) is 0 Å². The number of methoxy groups -OCH3 is 1. The van der Waals surface area contributed by atoms with Crippen LogP contribution >= 0.6 is 23.2 Å². The van der Waals surface area contributed by atoms with Gasteiger partial charge >= 0.3 is 0 Å². The van der Waals surface area contributed by atoms with Crippen LogP contribution in [-0.4, -0.2) is 25.5 Å². The number of aryl methyl sites for hydroxylation is 1. The summed E-state index contributed by atoms with van der Waals surface area (Å²) < 4.78 is 10.8. The van der Waals surface area contributed by atoms with Gasteiger partial charge in [0.1, 0.15) is 11.5 Å². The molecule has 3 aromatic carbocycles. The minimum absolute atomic E-state index is 0.181. The smallest absolute Gasteiger partial charge is 0.262 e. The molecule has 0 aromatic heterocycles. The standard InChI is InChI=1S/C23H20Cl2N2O4/c1-14-4-3-5-17(10-14)31-13-22(28)26-20-11-18(25)19(12-21(20)30-2)27-23(29)15-6-8-16(24)9-7-15/h3-12H,13H2,1-2H3,(H,26,28)(H,27,29). The van der Waals surface area contributed by atoms with Crippen molar-refractivity contribution in [3.8, 4) is 11.5 Å². The molecule has 0 bridgehead atoms. The zero-order valence-corrected chi connectivity index (χ0v) is 18.4. The van der Waals surface area contributed by atoms with Gasteiger partial charge in [-0.15, -0.1) is 0 Å². The van der Waals surface area contributed by atoms with E-state index in [1.807, 2.05) is 25.1 Å². The molecule has 0 aliphatic heterocycles. The maximum atomic E-state index is 12.4. The van der Waals surface area contributed by atoms with E-state index in [1.165, 1.54) is 19.2 Å². The molecule has 0 radical (unpaired) electrons. The van der Waals surface area contributed by atoms with Gasteiger partial charge in [0.2, 0.25) is 0 Å². The van der Waals surface area contributed by atoms with Crippen LogP contribution < -0.4 is 20.1 Å². The largest absolute Gasteiger partial charge is 0.494 e. The molecule has 0 aliphatic rings. The molecule has 3 rings (SSSR count). The highest BCUT2D eigenvalue weighted by atomic mass is 35.5. The van der Waals surface area contributed by atoms with Crippen molar-refractivity contribution in [3.05, 3.63) is 81.8 Å². The highest BCUT2D eigenvalue weighted by Crippen LogP contribution is 2.35. The van der Waals surface area contributed by atoms with Gasteiger partial charge < -0.3 is 20.1 Å². The first kappa shape index (κ1) is 22.5. The molecular weight excluding hydrogens is 439 g/mol. The van der Waals surface area contributed by atoms with Gasteiger partial charge in [0.25, 0.3) is 11.8 Å². The first-order valence-corrected chi connectivity index (χ1v) is 10.0. The van der Waals surface area contributed by atoms with Crippen molar-refractivity contribution in [3.63, 3.8) is 0 Å². The zero-order valence-electron chi connectivity index (χ0n) is 16.9. The van der Waals surface area contributed by atoms with Crippen molar-refractivity contribution < 1.29 is 19.1 Å². The van der Waals surface area contributed by atoms with Crippen LogP contribution in [0.1, 0.15) is 15.9 Å². The van der Waals surface area contributed by atoms with Gasteiger partial charge in [-0.25, -0.2) is 0 Å². The van der Waals surface area contributed by atoms with Gasteiger partial charge in [-0.2, -0.15) is 0 Å². The number of anilines is 2. The summed E-state index contributed by atoms with van der Waals surface area (Å²) in [5.74, 6) is 0.193. The summed E-state index contributed by atoms with van der Waals surface area (Å²) in [5.41, 5.74) is 2.15. The molecule has 0 spiro atoms. The predicted molar refractivity (Wildman–Crippen MR) is 123 cm³/mol. The quantitative estimate of drug-likeness (QED) is 0.484.